The summed E-state index contributed by atoms with van der Waals surface area (Å²) in [7, 11) is 0. The second kappa shape index (κ2) is 4.88. The molecule has 0 aromatic rings. The Morgan fingerprint density at radius 1 is 1.56 bits per heavy atom. The van der Waals surface area contributed by atoms with Crippen molar-refractivity contribution in [3.8, 4) is 0 Å². The molecule has 2 aliphatic rings. The topological polar surface area (TPSA) is 69.6 Å². The molecule has 18 heavy (non-hydrogen) atoms. The summed E-state index contributed by atoms with van der Waals surface area (Å²) >= 11 is 0. The van der Waals surface area contributed by atoms with Gasteiger partial charge in [-0.2, -0.15) is 0 Å². The Labute approximate surface area is 108 Å². The molecule has 102 valence electrons. The lowest BCUT2D eigenvalue weighted by molar-refractivity contribution is -0.131. The molecule has 0 aromatic carbocycles. The lowest BCUT2D eigenvalue weighted by Crippen LogP contribution is -2.57. The van der Waals surface area contributed by atoms with Crippen LogP contribution in [0.4, 0.5) is 0 Å². The van der Waals surface area contributed by atoms with E-state index in [0.717, 1.165) is 19.3 Å². The summed E-state index contributed by atoms with van der Waals surface area (Å²) < 4.78 is 0. The quantitative estimate of drug-likeness (QED) is 0.757. The SMILES string of the molecule is CC(C)N1CC(C(=O)NC2(CO)CCC2)CC1=O. The summed E-state index contributed by atoms with van der Waals surface area (Å²) in [6, 6.07) is 0.144. The van der Waals surface area contributed by atoms with Gasteiger partial charge in [-0.15, -0.1) is 0 Å². The number of hydrogen-bond donors (Lipinski definition) is 2. The predicted molar refractivity (Wildman–Crippen MR) is 66.8 cm³/mol. The average molecular weight is 254 g/mol. The van der Waals surface area contributed by atoms with Crippen LogP contribution in [0.1, 0.15) is 39.5 Å². The molecule has 1 aliphatic heterocycles. The van der Waals surface area contributed by atoms with Crippen molar-refractivity contribution in [1.82, 2.24) is 10.2 Å². The molecule has 1 saturated heterocycles. The van der Waals surface area contributed by atoms with Crippen LogP contribution in [0.2, 0.25) is 0 Å². The lowest BCUT2D eigenvalue weighted by atomic mass is 9.77. The molecule has 2 N–H and O–H groups in total. The van der Waals surface area contributed by atoms with E-state index in [1.807, 2.05) is 13.8 Å². The Morgan fingerprint density at radius 3 is 2.61 bits per heavy atom. The minimum Gasteiger partial charge on any atom is -0.394 e. The molecule has 2 rings (SSSR count). The van der Waals surface area contributed by atoms with E-state index in [-0.39, 0.29) is 30.4 Å². The van der Waals surface area contributed by atoms with E-state index in [0.29, 0.717) is 13.0 Å². The van der Waals surface area contributed by atoms with Gasteiger partial charge in [0.1, 0.15) is 0 Å². The minimum atomic E-state index is -0.411. The van der Waals surface area contributed by atoms with Gasteiger partial charge < -0.3 is 15.3 Å². The van der Waals surface area contributed by atoms with E-state index in [9.17, 15) is 14.7 Å². The van der Waals surface area contributed by atoms with E-state index >= 15 is 0 Å². The maximum Gasteiger partial charge on any atom is 0.225 e. The first-order valence-corrected chi connectivity index (χ1v) is 6.70. The van der Waals surface area contributed by atoms with Crippen molar-refractivity contribution < 1.29 is 14.7 Å². The molecule has 1 unspecified atom stereocenters. The largest absolute Gasteiger partial charge is 0.394 e. The van der Waals surface area contributed by atoms with Crippen LogP contribution in [0.15, 0.2) is 0 Å². The monoisotopic (exact) mass is 254 g/mol. The van der Waals surface area contributed by atoms with Gasteiger partial charge in [0.05, 0.1) is 18.1 Å². The fraction of sp³-hybridized carbons (Fsp3) is 0.846. The van der Waals surface area contributed by atoms with Gasteiger partial charge in [-0.1, -0.05) is 0 Å². The van der Waals surface area contributed by atoms with Crippen LogP contribution >= 0.6 is 0 Å². The maximum absolute atomic E-state index is 12.1. The van der Waals surface area contributed by atoms with Crippen molar-refractivity contribution in [3.63, 3.8) is 0 Å². The van der Waals surface area contributed by atoms with E-state index in [1.54, 1.807) is 4.90 Å². The van der Waals surface area contributed by atoms with Crippen LogP contribution < -0.4 is 5.32 Å². The van der Waals surface area contributed by atoms with Crippen LogP contribution in [0.25, 0.3) is 0 Å². The molecule has 0 bridgehead atoms. The molecule has 2 fully saturated rings. The molecule has 1 atom stereocenters. The highest BCUT2D eigenvalue weighted by Gasteiger charge is 2.42. The van der Waals surface area contributed by atoms with E-state index in [4.69, 9.17) is 0 Å². The van der Waals surface area contributed by atoms with Crippen molar-refractivity contribution in [2.24, 2.45) is 5.92 Å². The Morgan fingerprint density at radius 2 is 2.22 bits per heavy atom. The number of nitrogens with one attached hydrogen (secondary N) is 1. The van der Waals surface area contributed by atoms with Crippen molar-refractivity contribution >= 4 is 11.8 Å². The fourth-order valence-corrected chi connectivity index (χ4v) is 2.70. The molecule has 1 saturated carbocycles. The Kier molecular flexibility index (Phi) is 3.61. The van der Waals surface area contributed by atoms with Gasteiger partial charge in [0.15, 0.2) is 0 Å². The third-order valence-corrected chi connectivity index (χ3v) is 4.15. The number of amides is 2. The number of hydrogen-bond acceptors (Lipinski definition) is 3. The third kappa shape index (κ3) is 2.36. The number of aliphatic hydroxyl groups excluding tert-OH is 1. The first-order valence-electron chi connectivity index (χ1n) is 6.70. The van der Waals surface area contributed by atoms with Gasteiger partial charge >= 0.3 is 0 Å². The number of aliphatic hydroxyl groups is 1. The van der Waals surface area contributed by atoms with Crippen LogP contribution in [-0.4, -0.2) is 46.6 Å². The highest BCUT2D eigenvalue weighted by Crippen LogP contribution is 2.32. The second-order valence-electron chi connectivity index (χ2n) is 5.82. The summed E-state index contributed by atoms with van der Waals surface area (Å²) in [5.74, 6) is -0.291. The minimum absolute atomic E-state index is 0.00665. The van der Waals surface area contributed by atoms with Crippen molar-refractivity contribution in [2.45, 2.75) is 51.1 Å². The van der Waals surface area contributed by atoms with Crippen molar-refractivity contribution in [1.29, 1.82) is 0 Å². The van der Waals surface area contributed by atoms with Crippen molar-refractivity contribution in [2.75, 3.05) is 13.2 Å². The van der Waals surface area contributed by atoms with E-state index in [2.05, 4.69) is 5.32 Å². The first-order chi connectivity index (χ1) is 8.47. The Bertz CT molecular complexity index is 345. The van der Waals surface area contributed by atoms with E-state index < -0.39 is 5.54 Å². The van der Waals surface area contributed by atoms with Gasteiger partial charge in [0, 0.05) is 19.0 Å². The van der Waals surface area contributed by atoms with Gasteiger partial charge in [-0.05, 0) is 33.1 Å². The number of likely N-dealkylation sites (tertiary alicyclic amines) is 1. The van der Waals surface area contributed by atoms with Crippen molar-refractivity contribution in [3.05, 3.63) is 0 Å². The number of carbonyl (C=O) groups is 2. The van der Waals surface area contributed by atoms with Crippen LogP contribution in [0, 0.1) is 5.92 Å². The highest BCUT2D eigenvalue weighted by atomic mass is 16.3. The fourth-order valence-electron chi connectivity index (χ4n) is 2.70. The molecule has 2 amide bonds. The number of nitrogens with zero attached hydrogens (tertiary/aromatic N) is 1. The summed E-state index contributed by atoms with van der Waals surface area (Å²) in [5, 5.41) is 12.3. The normalized spacial score (nSPS) is 26.3. The lowest BCUT2D eigenvalue weighted by Gasteiger charge is -2.41. The summed E-state index contributed by atoms with van der Waals surface area (Å²) in [4.78, 5) is 25.6. The van der Waals surface area contributed by atoms with Crippen LogP contribution in [0.5, 0.6) is 0 Å². The third-order valence-electron chi connectivity index (χ3n) is 4.15. The second-order valence-corrected chi connectivity index (χ2v) is 5.82. The summed E-state index contributed by atoms with van der Waals surface area (Å²) in [6.45, 7) is 4.41. The Hall–Kier alpha value is -1.10. The smallest absolute Gasteiger partial charge is 0.225 e. The molecule has 1 aliphatic carbocycles. The van der Waals surface area contributed by atoms with Gasteiger partial charge in [-0.3, -0.25) is 9.59 Å². The molecular formula is C13H22N2O3. The summed E-state index contributed by atoms with van der Waals surface area (Å²) in [6.07, 6.45) is 3.02. The molecule has 0 spiro atoms. The van der Waals surface area contributed by atoms with E-state index in [1.165, 1.54) is 0 Å². The van der Waals surface area contributed by atoms with Gasteiger partial charge in [-0.25, -0.2) is 0 Å². The zero-order valence-corrected chi connectivity index (χ0v) is 11.1. The average Bonchev–Trinajstić information content (AvgIpc) is 2.65. The standard InChI is InChI=1S/C13H22N2O3/c1-9(2)15-7-10(6-11(15)17)12(18)14-13(8-16)4-3-5-13/h9-10,16H,3-8H2,1-2H3,(H,14,18). The van der Waals surface area contributed by atoms with Crippen LogP contribution in [0.3, 0.4) is 0 Å². The summed E-state index contributed by atoms with van der Waals surface area (Å²) in [5.41, 5.74) is -0.411. The highest BCUT2D eigenvalue weighted by molar-refractivity contribution is 5.89. The molecule has 0 radical (unpaired) electrons. The zero-order valence-electron chi connectivity index (χ0n) is 11.1. The number of rotatable bonds is 4. The zero-order chi connectivity index (χ0) is 13.3. The number of carbonyl (C=O) groups excluding carboxylic acids is 2. The predicted octanol–water partition coefficient (Wildman–Crippen LogP) is 0.274. The molecule has 5 heteroatoms. The molecular weight excluding hydrogens is 232 g/mol. The first kappa shape index (κ1) is 13.3. The molecule has 0 aromatic heterocycles. The van der Waals surface area contributed by atoms with Crippen LogP contribution in [-0.2, 0) is 9.59 Å². The molecule has 5 nitrogen and oxygen atoms in total. The molecule has 1 heterocycles. The van der Waals surface area contributed by atoms with Gasteiger partial charge in [0.2, 0.25) is 11.8 Å². The van der Waals surface area contributed by atoms with Gasteiger partial charge in [0.25, 0.3) is 0 Å². The Balaban J connectivity index is 1.93. The maximum atomic E-state index is 12.1.